The van der Waals surface area contributed by atoms with Crippen molar-refractivity contribution in [3.05, 3.63) is 0 Å². The predicted molar refractivity (Wildman–Crippen MR) is 49.3 cm³/mol. The van der Waals surface area contributed by atoms with Crippen molar-refractivity contribution < 1.29 is 23.5 Å². The molecule has 1 N–H and O–H groups in total. The molecule has 2 fully saturated rings. The van der Waals surface area contributed by atoms with E-state index in [2.05, 4.69) is 0 Å². The Morgan fingerprint density at radius 1 is 1.36 bits per heavy atom. The number of hydrogen-bond donors (Lipinski definition) is 1. The van der Waals surface area contributed by atoms with Crippen molar-refractivity contribution in [1.82, 2.24) is 0 Å². The lowest BCUT2D eigenvalue weighted by atomic mass is 9.90. The summed E-state index contributed by atoms with van der Waals surface area (Å²) in [6.07, 6.45) is -1.15. The average molecular weight is 222 g/mol. The molecule has 2 saturated heterocycles. The van der Waals surface area contributed by atoms with Gasteiger partial charge in [-0.25, -0.2) is 0 Å². The molecule has 0 bridgehead atoms. The fourth-order valence-electron chi connectivity index (χ4n) is 2.13. The number of fused-ring (bicyclic) bond motifs is 1. The second kappa shape index (κ2) is 3.58. The van der Waals surface area contributed by atoms with Crippen LogP contribution in [0.15, 0.2) is 0 Å². The Morgan fingerprint density at radius 2 is 2.07 bits per heavy atom. The highest BCUT2D eigenvalue weighted by Gasteiger charge is 2.46. The first-order valence-corrected chi connectivity index (χ1v) is 6.69. The molecule has 6 heteroatoms. The van der Waals surface area contributed by atoms with Crippen LogP contribution < -0.4 is 0 Å². The molecule has 5 atom stereocenters. The van der Waals surface area contributed by atoms with Crippen LogP contribution in [0.3, 0.4) is 0 Å². The molecule has 0 amide bonds. The highest BCUT2D eigenvalue weighted by Crippen LogP contribution is 2.53. The minimum absolute atomic E-state index is 0.134. The largest absolute Gasteiger partial charge is 0.390 e. The summed E-state index contributed by atoms with van der Waals surface area (Å²) in [5, 5.41) is 9.67. The zero-order valence-corrected chi connectivity index (χ0v) is 9.15. The lowest BCUT2D eigenvalue weighted by molar-refractivity contribution is -0.154. The van der Waals surface area contributed by atoms with Crippen molar-refractivity contribution in [2.45, 2.75) is 25.2 Å². The van der Waals surface area contributed by atoms with Gasteiger partial charge in [-0.2, -0.15) is 0 Å². The summed E-state index contributed by atoms with van der Waals surface area (Å²) in [5.74, 6) is -0.134. The first-order chi connectivity index (χ1) is 6.49. The van der Waals surface area contributed by atoms with Crippen LogP contribution in [0, 0.1) is 5.92 Å². The molecule has 0 saturated carbocycles. The minimum Gasteiger partial charge on any atom is -0.390 e. The van der Waals surface area contributed by atoms with Crippen molar-refractivity contribution in [3.8, 4) is 0 Å². The van der Waals surface area contributed by atoms with Gasteiger partial charge in [-0.1, -0.05) is 0 Å². The molecule has 0 aromatic heterocycles. The molecule has 5 nitrogen and oxygen atoms in total. The van der Waals surface area contributed by atoms with E-state index in [1.807, 2.05) is 6.92 Å². The summed E-state index contributed by atoms with van der Waals surface area (Å²) in [5.41, 5.74) is 0. The molecule has 2 aliphatic heterocycles. The second-order valence-corrected chi connectivity index (χ2v) is 5.87. The molecule has 0 spiro atoms. The van der Waals surface area contributed by atoms with Crippen LogP contribution in [-0.2, 0) is 18.3 Å². The van der Waals surface area contributed by atoms with Gasteiger partial charge < -0.3 is 18.9 Å². The number of ether oxygens (including phenoxy) is 1. The maximum Gasteiger partial charge on any atom is 0.328 e. The van der Waals surface area contributed by atoms with Gasteiger partial charge in [0.2, 0.25) is 0 Å². The van der Waals surface area contributed by atoms with E-state index in [0.717, 1.165) is 0 Å². The van der Waals surface area contributed by atoms with Crippen LogP contribution in [0.1, 0.15) is 6.92 Å². The number of rotatable bonds is 0. The highest BCUT2D eigenvalue weighted by atomic mass is 31.2. The van der Waals surface area contributed by atoms with Crippen molar-refractivity contribution in [1.29, 1.82) is 0 Å². The van der Waals surface area contributed by atoms with Gasteiger partial charge in [-0.3, -0.25) is 4.57 Å². The fraction of sp³-hybridized carbons (Fsp3) is 1.00. The highest BCUT2D eigenvalue weighted by molar-refractivity contribution is 7.53. The lowest BCUT2D eigenvalue weighted by Crippen LogP contribution is -2.51. The SMILES string of the molecule is CC1OP(C)(=O)OC2COCC(O)C12. The van der Waals surface area contributed by atoms with Crippen molar-refractivity contribution in [2.75, 3.05) is 19.9 Å². The Kier molecular flexibility index (Phi) is 2.70. The molecule has 0 aromatic carbocycles. The third-order valence-electron chi connectivity index (χ3n) is 2.67. The predicted octanol–water partition coefficient (Wildman–Crippen LogP) is 0.621. The average Bonchev–Trinajstić information content (AvgIpc) is 2.00. The molecule has 2 heterocycles. The molecule has 82 valence electrons. The van der Waals surface area contributed by atoms with Crippen molar-refractivity contribution in [2.24, 2.45) is 5.92 Å². The Bertz CT molecular complexity index is 268. The van der Waals surface area contributed by atoms with Gasteiger partial charge in [0, 0.05) is 12.6 Å². The zero-order valence-electron chi connectivity index (χ0n) is 8.25. The summed E-state index contributed by atoms with van der Waals surface area (Å²) in [6, 6.07) is 0. The Labute approximate surface area is 82.9 Å². The van der Waals surface area contributed by atoms with Crippen LogP contribution in [-0.4, -0.2) is 43.3 Å². The van der Waals surface area contributed by atoms with Crippen LogP contribution in [0.25, 0.3) is 0 Å². The maximum atomic E-state index is 11.6. The van der Waals surface area contributed by atoms with Gasteiger partial charge in [0.25, 0.3) is 0 Å². The summed E-state index contributed by atoms with van der Waals surface area (Å²) < 4.78 is 27.3. The molecule has 2 rings (SSSR count). The lowest BCUT2D eigenvalue weighted by Gasteiger charge is -2.43. The molecule has 2 aliphatic rings. The summed E-state index contributed by atoms with van der Waals surface area (Å²) >= 11 is 0. The molecular weight excluding hydrogens is 207 g/mol. The standard InChI is InChI=1S/C8H15O5P/c1-5-8-6(9)3-11-4-7(8)13-14(2,10)12-5/h5-9H,3-4H2,1-2H3. The van der Waals surface area contributed by atoms with Gasteiger partial charge in [0.1, 0.15) is 0 Å². The molecule has 5 unspecified atom stereocenters. The first-order valence-electron chi connectivity index (χ1n) is 4.70. The molecular formula is C8H15O5P. The normalized spacial score (nSPS) is 53.9. The van der Waals surface area contributed by atoms with E-state index in [9.17, 15) is 9.67 Å². The van der Waals surface area contributed by atoms with Gasteiger partial charge in [-0.05, 0) is 6.92 Å². The third-order valence-corrected chi connectivity index (χ3v) is 4.04. The number of hydrogen-bond acceptors (Lipinski definition) is 5. The molecule has 0 radical (unpaired) electrons. The van der Waals surface area contributed by atoms with Crippen LogP contribution in [0.2, 0.25) is 0 Å². The summed E-state index contributed by atoms with van der Waals surface area (Å²) in [6.45, 7) is 3.94. The minimum atomic E-state index is -2.95. The van der Waals surface area contributed by atoms with Gasteiger partial charge in [0.15, 0.2) is 0 Å². The van der Waals surface area contributed by atoms with Gasteiger partial charge in [0.05, 0.1) is 31.5 Å². The van der Waals surface area contributed by atoms with Crippen LogP contribution in [0.4, 0.5) is 0 Å². The number of aliphatic hydroxyl groups excluding tert-OH is 1. The van der Waals surface area contributed by atoms with E-state index in [-0.39, 0.29) is 18.1 Å². The van der Waals surface area contributed by atoms with E-state index >= 15 is 0 Å². The first kappa shape index (κ1) is 10.6. The quantitative estimate of drug-likeness (QED) is 0.608. The monoisotopic (exact) mass is 222 g/mol. The van der Waals surface area contributed by atoms with Crippen LogP contribution >= 0.6 is 7.60 Å². The number of aliphatic hydroxyl groups is 1. The smallest absolute Gasteiger partial charge is 0.328 e. The Balaban J connectivity index is 2.17. The molecule has 14 heavy (non-hydrogen) atoms. The van der Waals surface area contributed by atoms with Gasteiger partial charge >= 0.3 is 7.60 Å². The van der Waals surface area contributed by atoms with Crippen molar-refractivity contribution >= 4 is 7.60 Å². The van der Waals surface area contributed by atoms with Gasteiger partial charge in [-0.15, -0.1) is 0 Å². The van der Waals surface area contributed by atoms with E-state index < -0.39 is 13.7 Å². The van der Waals surface area contributed by atoms with Crippen LogP contribution in [0.5, 0.6) is 0 Å². The summed E-state index contributed by atoms with van der Waals surface area (Å²) in [4.78, 5) is 0. The van der Waals surface area contributed by atoms with E-state index in [4.69, 9.17) is 13.8 Å². The maximum absolute atomic E-state index is 11.6. The van der Waals surface area contributed by atoms with Crippen molar-refractivity contribution in [3.63, 3.8) is 0 Å². The topological polar surface area (TPSA) is 65.0 Å². The Morgan fingerprint density at radius 3 is 2.79 bits per heavy atom. The third kappa shape index (κ3) is 1.88. The molecule has 0 aromatic rings. The van der Waals surface area contributed by atoms with E-state index in [1.165, 1.54) is 6.66 Å². The molecule has 0 aliphatic carbocycles. The fourth-order valence-corrected chi connectivity index (χ4v) is 3.62. The summed E-state index contributed by atoms with van der Waals surface area (Å²) in [7, 11) is -2.95. The van der Waals surface area contributed by atoms with E-state index in [1.54, 1.807) is 0 Å². The van der Waals surface area contributed by atoms with E-state index in [0.29, 0.717) is 13.2 Å². The zero-order chi connectivity index (χ0) is 10.3. The second-order valence-electron chi connectivity index (χ2n) is 3.91. The Hall–Kier alpha value is 0.0700.